The van der Waals surface area contributed by atoms with Crippen molar-refractivity contribution in [1.29, 1.82) is 0 Å². The first-order chi connectivity index (χ1) is 12.1. The number of aromatic nitrogens is 1. The van der Waals surface area contributed by atoms with Crippen LogP contribution in [0.25, 0.3) is 0 Å². The Balaban J connectivity index is 1.51. The van der Waals surface area contributed by atoms with Crippen molar-refractivity contribution in [3.05, 3.63) is 65.5 Å². The Morgan fingerprint density at radius 3 is 2.72 bits per heavy atom. The Morgan fingerprint density at radius 2 is 2.00 bits per heavy atom. The van der Waals surface area contributed by atoms with E-state index >= 15 is 0 Å². The number of pyridine rings is 1. The van der Waals surface area contributed by atoms with Crippen molar-refractivity contribution in [2.45, 2.75) is 19.9 Å². The van der Waals surface area contributed by atoms with Crippen molar-refractivity contribution < 1.29 is 9.59 Å². The van der Waals surface area contributed by atoms with E-state index in [2.05, 4.69) is 21.3 Å². The molecule has 0 radical (unpaired) electrons. The number of carbonyl (C=O) groups is 2. The summed E-state index contributed by atoms with van der Waals surface area (Å²) in [7, 11) is 0. The number of carbonyl (C=O) groups excluding carboxylic acids is 2. The van der Waals surface area contributed by atoms with Gasteiger partial charge in [-0.25, -0.2) is 0 Å². The van der Waals surface area contributed by atoms with Gasteiger partial charge in [0.05, 0.1) is 5.56 Å². The van der Waals surface area contributed by atoms with Gasteiger partial charge in [0.25, 0.3) is 5.91 Å². The zero-order chi connectivity index (χ0) is 17.6. The summed E-state index contributed by atoms with van der Waals surface area (Å²) in [6.45, 7) is 5.00. The molecule has 2 heterocycles. The van der Waals surface area contributed by atoms with E-state index in [-0.39, 0.29) is 11.7 Å². The Kier molecular flexibility index (Phi) is 5.56. The van der Waals surface area contributed by atoms with E-state index in [4.69, 9.17) is 0 Å². The van der Waals surface area contributed by atoms with Gasteiger partial charge in [-0.2, -0.15) is 0 Å². The third-order valence-corrected chi connectivity index (χ3v) is 4.60. The lowest BCUT2D eigenvalue weighted by molar-refractivity contribution is 0.0933. The van der Waals surface area contributed by atoms with Crippen molar-refractivity contribution in [3.63, 3.8) is 0 Å². The molecule has 1 saturated heterocycles. The zero-order valence-electron chi connectivity index (χ0n) is 14.4. The molecule has 5 nitrogen and oxygen atoms in total. The number of rotatable bonds is 6. The number of hydrogen-bond donors (Lipinski definition) is 1. The van der Waals surface area contributed by atoms with Crippen LogP contribution in [0, 0.1) is 5.92 Å². The largest absolute Gasteiger partial charge is 0.352 e. The minimum absolute atomic E-state index is 0.0886. The maximum absolute atomic E-state index is 12.4. The lowest BCUT2D eigenvalue weighted by Crippen LogP contribution is -2.31. The van der Waals surface area contributed by atoms with Crippen LogP contribution in [0.15, 0.2) is 48.8 Å². The molecule has 1 aromatic heterocycles. The highest BCUT2D eigenvalue weighted by molar-refractivity contribution is 6.07. The molecule has 25 heavy (non-hydrogen) atoms. The van der Waals surface area contributed by atoms with Crippen molar-refractivity contribution in [2.75, 3.05) is 19.6 Å². The van der Waals surface area contributed by atoms with E-state index in [1.807, 2.05) is 12.3 Å². The fourth-order valence-electron chi connectivity index (χ4n) is 3.29. The quantitative estimate of drug-likeness (QED) is 0.823. The average Bonchev–Trinajstić information content (AvgIpc) is 3.08. The molecule has 1 aromatic carbocycles. The fraction of sp³-hybridized carbons (Fsp3) is 0.350. The molecule has 0 bridgehead atoms. The molecule has 0 spiro atoms. The van der Waals surface area contributed by atoms with Gasteiger partial charge in [0, 0.05) is 37.6 Å². The van der Waals surface area contributed by atoms with Gasteiger partial charge in [0.1, 0.15) is 0 Å². The predicted octanol–water partition coefficient (Wildman–Crippen LogP) is 2.54. The van der Waals surface area contributed by atoms with Gasteiger partial charge in [-0.05, 0) is 43.5 Å². The highest BCUT2D eigenvalue weighted by Gasteiger charge is 2.23. The summed E-state index contributed by atoms with van der Waals surface area (Å²) in [6, 6.07) is 11.0. The number of amides is 1. The van der Waals surface area contributed by atoms with Crippen LogP contribution < -0.4 is 5.32 Å². The van der Waals surface area contributed by atoms with Gasteiger partial charge in [-0.15, -0.1) is 0 Å². The zero-order valence-corrected chi connectivity index (χ0v) is 14.4. The monoisotopic (exact) mass is 337 g/mol. The maximum atomic E-state index is 12.4. The van der Waals surface area contributed by atoms with Crippen LogP contribution in [-0.4, -0.2) is 41.2 Å². The fourth-order valence-corrected chi connectivity index (χ4v) is 3.29. The molecule has 0 saturated carbocycles. The molecule has 0 unspecified atom stereocenters. The summed E-state index contributed by atoms with van der Waals surface area (Å²) in [6.07, 6.45) is 4.74. The van der Waals surface area contributed by atoms with E-state index in [0.29, 0.717) is 23.6 Å². The number of Topliss-reactive ketones (excluding diaryl/α,β-unsaturated/α-hetero) is 1. The summed E-state index contributed by atoms with van der Waals surface area (Å²) >= 11 is 0. The van der Waals surface area contributed by atoms with Gasteiger partial charge in [-0.1, -0.05) is 24.3 Å². The molecule has 1 aliphatic rings. The Hall–Kier alpha value is -2.53. The first-order valence-corrected chi connectivity index (χ1v) is 8.63. The van der Waals surface area contributed by atoms with E-state index in [1.54, 1.807) is 30.5 Å². The molecular weight excluding hydrogens is 314 g/mol. The second kappa shape index (κ2) is 8.03. The number of hydrogen-bond acceptors (Lipinski definition) is 4. The van der Waals surface area contributed by atoms with Gasteiger partial charge in [0.15, 0.2) is 5.78 Å². The van der Waals surface area contributed by atoms with E-state index < -0.39 is 0 Å². The normalized spacial score (nSPS) is 17.4. The molecular formula is C20H23N3O2. The number of ketones is 1. The van der Waals surface area contributed by atoms with E-state index in [9.17, 15) is 9.59 Å². The van der Waals surface area contributed by atoms with Crippen LogP contribution in [-0.2, 0) is 6.54 Å². The molecule has 1 aliphatic heterocycles. The van der Waals surface area contributed by atoms with Gasteiger partial charge >= 0.3 is 0 Å². The molecule has 3 rings (SSSR count). The van der Waals surface area contributed by atoms with Crippen molar-refractivity contribution >= 4 is 11.7 Å². The summed E-state index contributed by atoms with van der Waals surface area (Å²) in [5.41, 5.74) is 2.15. The summed E-state index contributed by atoms with van der Waals surface area (Å²) in [4.78, 5) is 30.6. The highest BCUT2D eigenvalue weighted by atomic mass is 16.2. The second-order valence-electron chi connectivity index (χ2n) is 6.56. The van der Waals surface area contributed by atoms with Crippen LogP contribution in [0.2, 0.25) is 0 Å². The third-order valence-electron chi connectivity index (χ3n) is 4.60. The summed E-state index contributed by atoms with van der Waals surface area (Å²) in [5.74, 6) is 0.177. The minimum Gasteiger partial charge on any atom is -0.352 e. The van der Waals surface area contributed by atoms with Crippen LogP contribution in [0.3, 0.4) is 0 Å². The van der Waals surface area contributed by atoms with Crippen molar-refractivity contribution in [3.8, 4) is 0 Å². The average molecular weight is 337 g/mol. The van der Waals surface area contributed by atoms with Crippen LogP contribution in [0.1, 0.15) is 39.6 Å². The van der Waals surface area contributed by atoms with Crippen molar-refractivity contribution in [1.82, 2.24) is 15.2 Å². The molecule has 130 valence electrons. The molecule has 1 atom stereocenters. The molecule has 5 heteroatoms. The standard InChI is InChI=1S/C20H23N3O2/c1-15(24)18-6-2-3-7-19(18)20(25)22-12-17-8-10-23(14-17)13-16-5-4-9-21-11-16/h2-7,9,11,17H,8,10,12-14H2,1H3,(H,22,25)/t17-/m1/s1. The van der Waals surface area contributed by atoms with Crippen molar-refractivity contribution in [2.24, 2.45) is 5.92 Å². The number of nitrogens with one attached hydrogen (secondary N) is 1. The number of likely N-dealkylation sites (tertiary alicyclic amines) is 1. The van der Waals surface area contributed by atoms with E-state index in [0.717, 1.165) is 26.1 Å². The van der Waals surface area contributed by atoms with Crippen LogP contribution in [0.5, 0.6) is 0 Å². The Labute approximate surface area is 148 Å². The maximum Gasteiger partial charge on any atom is 0.252 e. The number of nitrogens with zero attached hydrogens (tertiary/aromatic N) is 2. The molecule has 0 aliphatic carbocycles. The van der Waals surface area contributed by atoms with Gasteiger partial charge in [0.2, 0.25) is 0 Å². The smallest absolute Gasteiger partial charge is 0.252 e. The summed E-state index contributed by atoms with van der Waals surface area (Å²) in [5, 5.41) is 2.99. The van der Waals surface area contributed by atoms with Gasteiger partial charge in [-0.3, -0.25) is 19.5 Å². The lowest BCUT2D eigenvalue weighted by Gasteiger charge is -2.16. The lowest BCUT2D eigenvalue weighted by atomic mass is 10.0. The second-order valence-corrected chi connectivity index (χ2v) is 6.56. The van der Waals surface area contributed by atoms with Crippen LogP contribution >= 0.6 is 0 Å². The minimum atomic E-state index is -0.170. The first-order valence-electron chi connectivity index (χ1n) is 8.63. The molecule has 2 aromatic rings. The molecule has 1 N–H and O–H groups in total. The predicted molar refractivity (Wildman–Crippen MR) is 96.4 cm³/mol. The first kappa shape index (κ1) is 17.3. The topological polar surface area (TPSA) is 62.3 Å². The van der Waals surface area contributed by atoms with Crippen LogP contribution in [0.4, 0.5) is 0 Å². The third kappa shape index (κ3) is 4.51. The summed E-state index contributed by atoms with van der Waals surface area (Å²) < 4.78 is 0. The SMILES string of the molecule is CC(=O)c1ccccc1C(=O)NC[C@H]1CCN(Cc2cccnc2)C1. The number of benzene rings is 1. The Bertz CT molecular complexity index is 746. The van der Waals surface area contributed by atoms with E-state index in [1.165, 1.54) is 12.5 Å². The van der Waals surface area contributed by atoms with Gasteiger partial charge < -0.3 is 5.32 Å². The highest BCUT2D eigenvalue weighted by Crippen LogP contribution is 2.18. The Morgan fingerprint density at radius 1 is 1.20 bits per heavy atom. The molecule has 1 fully saturated rings. The molecule has 1 amide bonds.